The second-order valence-electron chi connectivity index (χ2n) is 10.2. The maximum Gasteiger partial charge on any atom is 0.324 e. The molecule has 2 aromatic heterocycles. The highest BCUT2D eigenvalue weighted by Gasteiger charge is 2.16. The zero-order chi connectivity index (χ0) is 31.2. The van der Waals surface area contributed by atoms with Crippen LogP contribution < -0.4 is 20.7 Å². The molecule has 0 aliphatic carbocycles. The van der Waals surface area contributed by atoms with Gasteiger partial charge in [-0.2, -0.15) is 5.10 Å². The van der Waals surface area contributed by atoms with Crippen LogP contribution in [0.4, 0.5) is 22.1 Å². The Morgan fingerprint density at radius 1 is 0.800 bits per heavy atom. The van der Waals surface area contributed by atoms with Crippen LogP contribution in [0.3, 0.4) is 0 Å². The van der Waals surface area contributed by atoms with Crippen LogP contribution in [0, 0.1) is 6.92 Å². The molecule has 45 heavy (non-hydrogen) atoms. The zero-order valence-corrected chi connectivity index (χ0v) is 24.7. The predicted molar refractivity (Wildman–Crippen MR) is 175 cm³/mol. The van der Waals surface area contributed by atoms with Crippen LogP contribution in [0.5, 0.6) is 11.5 Å². The molecule has 3 amide bonds. The quantitative estimate of drug-likeness (QED) is 0.159. The van der Waals surface area contributed by atoms with Gasteiger partial charge in [0.1, 0.15) is 29.7 Å². The molecule has 0 bridgehead atoms. The first-order valence-electron chi connectivity index (χ1n) is 14.2. The van der Waals surface area contributed by atoms with Gasteiger partial charge in [-0.05, 0) is 37.3 Å². The highest BCUT2D eigenvalue weighted by atomic mass is 16.5. The normalized spacial score (nSPS) is 10.8. The summed E-state index contributed by atoms with van der Waals surface area (Å²) in [6.45, 7) is 1.94. The molecule has 6 rings (SSSR count). The lowest BCUT2D eigenvalue weighted by atomic mass is 10.1. The molecule has 2 heterocycles. The number of nitrogens with zero attached hydrogens (tertiary/aromatic N) is 3. The van der Waals surface area contributed by atoms with Crippen LogP contribution in [0.1, 0.15) is 5.56 Å². The standard InChI is InChI=1S/C35H30N6O4/c1-23-12-14-25(15-13-23)41-33(21-30(40-41)24-8-4-3-5-9-24)39-35(43)37-29-16-17-31(28-11-7-6-10-27(28)29)45-26-18-19-36-32(20-26)38-34(42)22-44-2/h3-21H,22H2,1-2H3,(H,36,38,42)(H2,37,39,43). The number of nitrogens with one attached hydrogen (secondary N) is 3. The summed E-state index contributed by atoms with van der Waals surface area (Å²) in [6.07, 6.45) is 1.55. The lowest BCUT2D eigenvalue weighted by Crippen LogP contribution is -2.21. The van der Waals surface area contributed by atoms with E-state index in [1.807, 2.05) is 91.9 Å². The van der Waals surface area contributed by atoms with E-state index in [0.717, 1.165) is 33.3 Å². The molecule has 224 valence electrons. The van der Waals surface area contributed by atoms with E-state index in [-0.39, 0.29) is 12.5 Å². The molecule has 10 heteroatoms. The summed E-state index contributed by atoms with van der Waals surface area (Å²) < 4.78 is 12.8. The number of anilines is 3. The van der Waals surface area contributed by atoms with E-state index < -0.39 is 6.03 Å². The van der Waals surface area contributed by atoms with Gasteiger partial charge < -0.3 is 20.1 Å². The SMILES string of the molecule is COCC(=O)Nc1cc(Oc2ccc(NC(=O)Nc3cc(-c4ccccc4)nn3-c3ccc(C)cc3)c3ccccc23)ccn1. The average Bonchev–Trinajstić information content (AvgIpc) is 3.47. The Morgan fingerprint density at radius 2 is 1.56 bits per heavy atom. The van der Waals surface area contributed by atoms with Crippen molar-refractivity contribution in [2.45, 2.75) is 6.92 Å². The van der Waals surface area contributed by atoms with Crippen LogP contribution in [0.2, 0.25) is 0 Å². The highest BCUT2D eigenvalue weighted by molar-refractivity contribution is 6.07. The third-order valence-electron chi connectivity index (χ3n) is 6.93. The molecular weight excluding hydrogens is 568 g/mol. The van der Waals surface area contributed by atoms with E-state index in [4.69, 9.17) is 14.6 Å². The Labute approximate surface area is 259 Å². The van der Waals surface area contributed by atoms with Crippen LogP contribution in [-0.4, -0.2) is 40.4 Å². The number of benzene rings is 4. The molecule has 0 fully saturated rings. The Kier molecular flexibility index (Phi) is 8.47. The van der Waals surface area contributed by atoms with E-state index in [0.29, 0.717) is 28.8 Å². The number of hydrogen-bond donors (Lipinski definition) is 3. The Morgan fingerprint density at radius 3 is 2.33 bits per heavy atom. The molecule has 0 saturated carbocycles. The van der Waals surface area contributed by atoms with Gasteiger partial charge in [0.2, 0.25) is 0 Å². The van der Waals surface area contributed by atoms with E-state index in [1.54, 1.807) is 35.1 Å². The van der Waals surface area contributed by atoms with Crippen molar-refractivity contribution in [3.63, 3.8) is 0 Å². The van der Waals surface area contributed by atoms with E-state index in [1.165, 1.54) is 7.11 Å². The third-order valence-corrected chi connectivity index (χ3v) is 6.93. The van der Waals surface area contributed by atoms with Crippen molar-refractivity contribution < 1.29 is 19.1 Å². The van der Waals surface area contributed by atoms with E-state index >= 15 is 0 Å². The summed E-state index contributed by atoms with van der Waals surface area (Å²) in [7, 11) is 1.45. The highest BCUT2D eigenvalue weighted by Crippen LogP contribution is 2.35. The molecule has 10 nitrogen and oxygen atoms in total. The van der Waals surface area contributed by atoms with Gasteiger partial charge in [-0.15, -0.1) is 0 Å². The van der Waals surface area contributed by atoms with Crippen LogP contribution in [-0.2, 0) is 9.53 Å². The number of aromatic nitrogens is 3. The minimum atomic E-state index is -0.424. The Bertz CT molecular complexity index is 1970. The molecule has 0 aliphatic rings. The van der Waals surface area contributed by atoms with Crippen molar-refractivity contribution in [3.05, 3.63) is 121 Å². The van der Waals surface area contributed by atoms with E-state index in [2.05, 4.69) is 20.9 Å². The topological polar surface area (TPSA) is 119 Å². The first-order chi connectivity index (χ1) is 22.0. The van der Waals surface area contributed by atoms with Crippen molar-refractivity contribution in [2.24, 2.45) is 0 Å². The number of amides is 3. The zero-order valence-electron chi connectivity index (χ0n) is 24.7. The van der Waals surface area contributed by atoms with Gasteiger partial charge in [0.15, 0.2) is 0 Å². The summed E-state index contributed by atoms with van der Waals surface area (Å²) in [6, 6.07) is 33.7. The first kappa shape index (κ1) is 29.1. The number of methoxy groups -OCH3 is 1. The summed E-state index contributed by atoms with van der Waals surface area (Å²) in [5, 5.41) is 15.0. The largest absolute Gasteiger partial charge is 0.457 e. The fourth-order valence-electron chi connectivity index (χ4n) is 4.82. The molecule has 0 radical (unpaired) electrons. The number of rotatable bonds is 9. The number of carbonyl (C=O) groups is 2. The van der Waals surface area contributed by atoms with Gasteiger partial charge in [-0.25, -0.2) is 14.5 Å². The van der Waals surface area contributed by atoms with Gasteiger partial charge >= 0.3 is 6.03 Å². The smallest absolute Gasteiger partial charge is 0.324 e. The van der Waals surface area contributed by atoms with Gasteiger partial charge in [0.05, 0.1) is 17.1 Å². The number of ether oxygens (including phenoxy) is 2. The van der Waals surface area contributed by atoms with Crippen molar-refractivity contribution in [2.75, 3.05) is 29.7 Å². The molecule has 0 unspecified atom stereocenters. The fourth-order valence-corrected chi connectivity index (χ4v) is 4.82. The fraction of sp³-hybridized carbons (Fsp3) is 0.0857. The summed E-state index contributed by atoms with van der Waals surface area (Å²) >= 11 is 0. The second kappa shape index (κ2) is 13.1. The number of carbonyl (C=O) groups excluding carboxylic acids is 2. The summed E-state index contributed by atoms with van der Waals surface area (Å²) in [4.78, 5) is 29.5. The number of hydrogen-bond acceptors (Lipinski definition) is 6. The van der Waals surface area contributed by atoms with Crippen molar-refractivity contribution >= 4 is 40.0 Å². The Balaban J connectivity index is 1.25. The number of pyridine rings is 1. The van der Waals surface area contributed by atoms with Crippen LogP contribution in [0.25, 0.3) is 27.7 Å². The molecule has 0 atom stereocenters. The lowest BCUT2D eigenvalue weighted by Gasteiger charge is -2.14. The molecule has 4 aromatic carbocycles. The molecular formula is C35H30N6O4. The lowest BCUT2D eigenvalue weighted by molar-refractivity contribution is -0.119. The number of fused-ring (bicyclic) bond motifs is 1. The maximum atomic E-state index is 13.4. The minimum absolute atomic E-state index is 0.0814. The first-order valence-corrected chi connectivity index (χ1v) is 14.2. The minimum Gasteiger partial charge on any atom is -0.457 e. The molecule has 6 aromatic rings. The van der Waals surface area contributed by atoms with Gasteiger partial charge in [0, 0.05) is 41.8 Å². The number of urea groups is 1. The predicted octanol–water partition coefficient (Wildman–Crippen LogP) is 7.42. The van der Waals surface area contributed by atoms with E-state index in [9.17, 15) is 9.59 Å². The monoisotopic (exact) mass is 598 g/mol. The number of aryl methyl sites for hydroxylation is 1. The van der Waals surface area contributed by atoms with Gasteiger partial charge in [-0.1, -0.05) is 72.3 Å². The van der Waals surface area contributed by atoms with Crippen molar-refractivity contribution in [1.82, 2.24) is 14.8 Å². The third kappa shape index (κ3) is 6.82. The van der Waals surface area contributed by atoms with Crippen molar-refractivity contribution in [1.29, 1.82) is 0 Å². The van der Waals surface area contributed by atoms with Gasteiger partial charge in [-0.3, -0.25) is 10.1 Å². The molecule has 0 spiro atoms. The second-order valence-corrected chi connectivity index (χ2v) is 10.2. The Hall–Kier alpha value is -6.00. The molecule has 0 saturated heterocycles. The maximum absolute atomic E-state index is 13.4. The van der Waals surface area contributed by atoms with Gasteiger partial charge in [0.25, 0.3) is 5.91 Å². The van der Waals surface area contributed by atoms with Crippen LogP contribution >= 0.6 is 0 Å². The average molecular weight is 599 g/mol. The summed E-state index contributed by atoms with van der Waals surface area (Å²) in [5.41, 5.74) is 4.21. The van der Waals surface area contributed by atoms with Crippen molar-refractivity contribution in [3.8, 4) is 28.4 Å². The summed E-state index contributed by atoms with van der Waals surface area (Å²) in [5.74, 6) is 1.60. The molecule has 0 aliphatic heterocycles. The van der Waals surface area contributed by atoms with Crippen LogP contribution in [0.15, 0.2) is 115 Å². The molecule has 3 N–H and O–H groups in total.